The van der Waals surface area contributed by atoms with E-state index in [1.165, 1.54) is 225 Å². The summed E-state index contributed by atoms with van der Waals surface area (Å²) in [4.78, 5) is 0. The summed E-state index contributed by atoms with van der Waals surface area (Å²) in [5.74, 6) is 0. The highest BCUT2D eigenvalue weighted by Gasteiger charge is 2.49. The van der Waals surface area contributed by atoms with Crippen molar-refractivity contribution < 1.29 is 0 Å². The van der Waals surface area contributed by atoms with Gasteiger partial charge >= 0.3 is 0 Å². The second-order valence-corrected chi connectivity index (χ2v) is 40.6. The van der Waals surface area contributed by atoms with Crippen LogP contribution in [0.2, 0.25) is 0 Å². The third-order valence-electron chi connectivity index (χ3n) is 27.6. The Balaban J connectivity index is 0.000000135. The molecule has 0 radical (unpaired) electrons. The molecule has 0 fully saturated rings. The van der Waals surface area contributed by atoms with Crippen LogP contribution in [0, 0.1) is 0 Å². The smallest absolute Gasteiger partial charge is 0.0772 e. The fraction of sp³-hybridized carbons (Fsp3) is 0.0690. The standard InChI is InChI=1S/C59H42Si.C57H39P/c1-59(2)53-24-11-9-19-45(53)46-29-27-40(34-54(46)59)58-49-22-8-7-21-48(49)57(50-30-26-38(32-52(50)58)44-23-13-17-37-14-5-6-18-43(37)44)39-28-31-56-51(33-39)47-20-10-12-25-55(47)60(56)35-41-15-3-4-16-42(41)36-60;1-57(2)51-25-12-10-20-43(51)44-30-28-39(35-52(44)57)56-47-23-9-8-22-46(47)55(48-31-27-37(33-50(48)56)42-24-14-16-36-15-6-7-19-41(36)42)38-29-32-54-49(34-38)45-21-11-13-26-53(45)58(54)40-17-4-3-5-18-40/h3-34H,35-36H2,1-2H3;3-35H,1-2H3. The molecule has 1 atom stereocenters. The summed E-state index contributed by atoms with van der Waals surface area (Å²) in [6.45, 7) is 9.55. The molecule has 2 aliphatic carbocycles. The van der Waals surface area contributed by atoms with Gasteiger partial charge in [0.2, 0.25) is 0 Å². The maximum Gasteiger partial charge on any atom is 0.128 e. The molecule has 0 saturated carbocycles. The highest BCUT2D eigenvalue weighted by atomic mass is 31.1. The summed E-state index contributed by atoms with van der Waals surface area (Å²) in [5, 5.41) is 25.6. The molecule has 3 heterocycles. The lowest BCUT2D eigenvalue weighted by molar-refractivity contribution is 0.660. The Bertz CT molecular complexity index is 7840. The third-order valence-corrected chi connectivity index (χ3v) is 35.1. The van der Waals surface area contributed by atoms with Crippen LogP contribution < -0.4 is 10.4 Å². The van der Waals surface area contributed by atoms with Crippen LogP contribution in [0.4, 0.5) is 0 Å². The molecular formula is C116H81PSi. The van der Waals surface area contributed by atoms with Crippen molar-refractivity contribution >= 4 is 112 Å². The van der Waals surface area contributed by atoms with Gasteiger partial charge < -0.3 is 0 Å². The van der Waals surface area contributed by atoms with E-state index in [0.717, 1.165) is 0 Å². The van der Waals surface area contributed by atoms with Gasteiger partial charge in [-0.1, -0.05) is 387 Å². The molecule has 1 spiro atoms. The van der Waals surface area contributed by atoms with Crippen molar-refractivity contribution in [2.24, 2.45) is 0 Å². The van der Waals surface area contributed by atoms with E-state index in [4.69, 9.17) is 0 Å². The van der Waals surface area contributed by atoms with Gasteiger partial charge in [0, 0.05) is 21.1 Å². The van der Waals surface area contributed by atoms with Gasteiger partial charge in [0.15, 0.2) is 0 Å². The molecule has 1 aromatic heterocycles. The summed E-state index contributed by atoms with van der Waals surface area (Å²) < 4.78 is 0. The molecule has 0 N–H and O–H groups in total. The van der Waals surface area contributed by atoms with Crippen LogP contribution in [0.3, 0.4) is 0 Å². The average molecular weight is 1530 g/mol. The maximum atomic E-state index is 2.56. The van der Waals surface area contributed by atoms with E-state index in [-0.39, 0.29) is 10.8 Å². The number of hydrogen-bond acceptors (Lipinski definition) is 0. The molecule has 21 aromatic rings. The van der Waals surface area contributed by atoms with E-state index in [1.54, 1.807) is 21.5 Å². The third kappa shape index (κ3) is 10.2. The number of rotatable bonds is 7. The normalized spacial score (nSPS) is 14.2. The summed E-state index contributed by atoms with van der Waals surface area (Å²) in [7, 11) is -2.64. The Morgan fingerprint density at radius 1 is 0.212 bits per heavy atom. The molecule has 25 rings (SSSR count). The zero-order valence-corrected chi connectivity index (χ0v) is 68.3. The van der Waals surface area contributed by atoms with Crippen molar-refractivity contribution in [2.75, 3.05) is 0 Å². The molecule has 4 aliphatic rings. The predicted molar refractivity (Wildman–Crippen MR) is 509 cm³/mol. The largest absolute Gasteiger partial charge is 0.128 e. The van der Waals surface area contributed by atoms with E-state index in [2.05, 4.69) is 422 Å². The van der Waals surface area contributed by atoms with Gasteiger partial charge in [0.1, 0.15) is 8.07 Å². The molecule has 0 amide bonds. The van der Waals surface area contributed by atoms with Gasteiger partial charge in [0.25, 0.3) is 0 Å². The molecule has 0 saturated heterocycles. The Kier molecular flexibility index (Phi) is 15.3. The topological polar surface area (TPSA) is 0 Å². The minimum absolute atomic E-state index is 0.0936. The molecule has 2 aliphatic heterocycles. The first kappa shape index (κ1) is 68.8. The van der Waals surface area contributed by atoms with Crippen LogP contribution in [0.5, 0.6) is 0 Å². The average Bonchev–Trinajstić information content (AvgIpc) is 1.44. The van der Waals surface area contributed by atoms with Crippen molar-refractivity contribution in [3.05, 3.63) is 428 Å². The molecule has 554 valence electrons. The second kappa shape index (κ2) is 26.2. The van der Waals surface area contributed by atoms with Crippen LogP contribution in [-0.4, -0.2) is 8.07 Å². The first-order valence-electron chi connectivity index (χ1n) is 41.9. The summed E-state index contributed by atoms with van der Waals surface area (Å²) >= 11 is 0. The van der Waals surface area contributed by atoms with E-state index >= 15 is 0 Å². The molecule has 20 aromatic carbocycles. The van der Waals surface area contributed by atoms with Crippen molar-refractivity contribution in [1.82, 2.24) is 0 Å². The highest BCUT2D eigenvalue weighted by molar-refractivity contribution is 7.67. The first-order valence-corrected chi connectivity index (χ1v) is 45.6. The van der Waals surface area contributed by atoms with Crippen molar-refractivity contribution in [3.63, 3.8) is 0 Å². The highest BCUT2D eigenvalue weighted by Crippen LogP contribution is 2.59. The quantitative estimate of drug-likeness (QED) is 0.110. The van der Waals surface area contributed by atoms with Crippen molar-refractivity contribution in [1.29, 1.82) is 0 Å². The van der Waals surface area contributed by atoms with Crippen LogP contribution in [0.25, 0.3) is 191 Å². The number of fused-ring (bicyclic) bond motifs is 21. The Hall–Kier alpha value is -13.5. The van der Waals surface area contributed by atoms with Gasteiger partial charge in [-0.05, 0) is 279 Å². The van der Waals surface area contributed by atoms with Crippen LogP contribution in [0.1, 0.15) is 61.1 Å². The Labute approximate surface area is 690 Å². The summed E-state index contributed by atoms with van der Waals surface area (Å²) in [6.07, 6.45) is 0. The first-order chi connectivity index (χ1) is 58.0. The Morgan fingerprint density at radius 3 is 1.12 bits per heavy atom. The lowest BCUT2D eigenvalue weighted by Gasteiger charge is -2.24. The van der Waals surface area contributed by atoms with Gasteiger partial charge in [0.05, 0.1) is 0 Å². The lowest BCUT2D eigenvalue weighted by atomic mass is 9.80. The van der Waals surface area contributed by atoms with Crippen LogP contribution in [-0.2, 0) is 22.9 Å². The SMILES string of the molecule is CC1(C)c2ccccc2-c2ccc(-c3c4ccccc4c(-c4ccc5c(c4)-c4ccccc4[Si]54Cc5ccccc5C4)c4ccc(-c5cccc6ccccc56)cc34)cc21.CC1(C)c2ccccc2-c2ccc(-c3c4ccccc4c(-c4ccc5c(c4)c4ccccc4p5-c4ccccc4)c4ccc(-c5cccc6ccccc56)cc34)cc21. The zero-order valence-electron chi connectivity index (χ0n) is 66.4. The molecule has 118 heavy (non-hydrogen) atoms. The zero-order chi connectivity index (χ0) is 78.3. The maximum absolute atomic E-state index is 2.56. The van der Waals surface area contributed by atoms with Crippen LogP contribution >= 0.6 is 7.53 Å². The van der Waals surface area contributed by atoms with E-state index < -0.39 is 15.6 Å². The van der Waals surface area contributed by atoms with Gasteiger partial charge in [-0.3, -0.25) is 0 Å². The van der Waals surface area contributed by atoms with Gasteiger partial charge in [-0.25, -0.2) is 0 Å². The number of benzene rings is 20. The predicted octanol–water partition coefficient (Wildman–Crippen LogP) is 30.6. The van der Waals surface area contributed by atoms with Crippen molar-refractivity contribution in [2.45, 2.75) is 50.6 Å². The fourth-order valence-corrected chi connectivity index (χ4v) is 30.3. The summed E-state index contributed by atoms with van der Waals surface area (Å²) in [6, 6.07) is 152. The molecule has 0 nitrogen and oxygen atoms in total. The van der Waals surface area contributed by atoms with Crippen molar-refractivity contribution in [3.8, 4) is 105 Å². The molecule has 0 bridgehead atoms. The molecule has 1 unspecified atom stereocenters. The molecule has 2 heteroatoms. The monoisotopic (exact) mass is 1530 g/mol. The molecular weight excluding hydrogens is 1450 g/mol. The minimum atomic E-state index is -2.01. The Morgan fingerprint density at radius 2 is 0.568 bits per heavy atom. The van der Waals surface area contributed by atoms with Gasteiger partial charge in [-0.15, -0.1) is 0 Å². The fourth-order valence-electron chi connectivity index (χ4n) is 22.2. The second-order valence-electron chi connectivity index (χ2n) is 34.5. The van der Waals surface area contributed by atoms with Gasteiger partial charge in [-0.2, -0.15) is 0 Å². The minimum Gasteiger partial charge on any atom is -0.0772 e. The summed E-state index contributed by atoms with van der Waals surface area (Å²) in [5.41, 5.74) is 32.1. The number of hydrogen-bond donors (Lipinski definition) is 0. The van der Waals surface area contributed by atoms with E-state index in [1.807, 2.05) is 0 Å². The van der Waals surface area contributed by atoms with E-state index in [9.17, 15) is 0 Å². The van der Waals surface area contributed by atoms with E-state index in [0.29, 0.717) is 0 Å². The lowest BCUT2D eigenvalue weighted by Crippen LogP contribution is -2.57. The van der Waals surface area contributed by atoms with Crippen LogP contribution in [0.15, 0.2) is 394 Å².